The highest BCUT2D eigenvalue weighted by atomic mass is 35.5. The molecule has 0 bridgehead atoms. The van der Waals surface area contributed by atoms with Crippen LogP contribution in [0.3, 0.4) is 0 Å². The summed E-state index contributed by atoms with van der Waals surface area (Å²) in [5, 5.41) is 2.46. The lowest BCUT2D eigenvalue weighted by Gasteiger charge is -2.04. The zero-order chi connectivity index (χ0) is 10.7. The number of primary amides is 1. The molecule has 1 rings (SSSR count). The van der Waals surface area contributed by atoms with E-state index in [0.29, 0.717) is 5.69 Å². The van der Waals surface area contributed by atoms with Gasteiger partial charge in [-0.1, -0.05) is 23.8 Å². The summed E-state index contributed by atoms with van der Waals surface area (Å²) in [5.41, 5.74) is 5.32. The first-order valence-electron chi connectivity index (χ1n) is 3.56. The van der Waals surface area contributed by atoms with Crippen LogP contribution in [0.4, 0.5) is 10.1 Å². The Bertz CT molecular complexity index is 397. The summed E-state index contributed by atoms with van der Waals surface area (Å²) >= 11 is 10.1. The number of benzene rings is 1. The van der Waals surface area contributed by atoms with Crippen LogP contribution in [-0.4, -0.2) is 10.9 Å². The van der Waals surface area contributed by atoms with Gasteiger partial charge in [-0.2, -0.15) is 0 Å². The Balaban J connectivity index is 2.83. The van der Waals surface area contributed by atoms with Crippen molar-refractivity contribution in [3.8, 4) is 0 Å². The van der Waals surface area contributed by atoms with E-state index in [1.165, 1.54) is 12.1 Å². The summed E-state index contributed by atoms with van der Waals surface area (Å²) in [6.07, 6.45) is 0. The molecule has 1 amide bonds. The van der Waals surface area contributed by atoms with Crippen LogP contribution in [0, 0.1) is 5.82 Å². The van der Waals surface area contributed by atoms with Crippen molar-refractivity contribution in [3.63, 3.8) is 0 Å². The standard InChI is InChI=1S/C8H6ClFN2OS/c9-5-3-4(1-2-6(5)10)12-8(14)7(11)13/h1-3H,(H2,11,13)(H,12,14). The first-order chi connectivity index (χ1) is 6.50. The SMILES string of the molecule is NC(=O)C(=S)Nc1ccc(F)c(Cl)c1. The molecular formula is C8H6ClFN2OS. The highest BCUT2D eigenvalue weighted by Crippen LogP contribution is 2.19. The minimum Gasteiger partial charge on any atom is -0.364 e. The zero-order valence-corrected chi connectivity index (χ0v) is 8.45. The van der Waals surface area contributed by atoms with E-state index in [-0.39, 0.29) is 10.0 Å². The number of carbonyl (C=O) groups excluding carboxylic acids is 1. The predicted molar refractivity (Wildman–Crippen MR) is 56.8 cm³/mol. The van der Waals surface area contributed by atoms with Crippen LogP contribution in [0.15, 0.2) is 18.2 Å². The molecule has 0 spiro atoms. The van der Waals surface area contributed by atoms with E-state index in [4.69, 9.17) is 17.3 Å². The van der Waals surface area contributed by atoms with Crippen LogP contribution in [0.5, 0.6) is 0 Å². The second kappa shape index (κ2) is 4.34. The van der Waals surface area contributed by atoms with Gasteiger partial charge >= 0.3 is 0 Å². The zero-order valence-electron chi connectivity index (χ0n) is 6.88. The Morgan fingerprint density at radius 1 is 1.57 bits per heavy atom. The van der Waals surface area contributed by atoms with Gasteiger partial charge in [-0.15, -0.1) is 0 Å². The average molecular weight is 233 g/mol. The summed E-state index contributed by atoms with van der Waals surface area (Å²) in [4.78, 5) is 10.4. The summed E-state index contributed by atoms with van der Waals surface area (Å²) in [5.74, 6) is -1.29. The second-order valence-electron chi connectivity index (χ2n) is 2.45. The molecule has 1 aromatic rings. The minimum atomic E-state index is -0.750. The molecule has 0 atom stereocenters. The van der Waals surface area contributed by atoms with Crippen molar-refractivity contribution in [2.45, 2.75) is 0 Å². The van der Waals surface area contributed by atoms with Gasteiger partial charge < -0.3 is 11.1 Å². The maximum absolute atomic E-state index is 12.7. The third-order valence-electron chi connectivity index (χ3n) is 1.40. The number of halogens is 2. The van der Waals surface area contributed by atoms with Gasteiger partial charge in [-0.05, 0) is 18.2 Å². The molecule has 0 aliphatic rings. The lowest BCUT2D eigenvalue weighted by Crippen LogP contribution is -2.27. The fourth-order valence-corrected chi connectivity index (χ4v) is 1.06. The van der Waals surface area contributed by atoms with Gasteiger partial charge in [0.25, 0.3) is 5.91 Å². The molecule has 0 saturated heterocycles. The van der Waals surface area contributed by atoms with E-state index in [1.807, 2.05) is 0 Å². The van der Waals surface area contributed by atoms with Crippen LogP contribution in [0.2, 0.25) is 5.02 Å². The van der Waals surface area contributed by atoms with E-state index < -0.39 is 11.7 Å². The molecule has 0 radical (unpaired) electrons. The van der Waals surface area contributed by atoms with Crippen molar-refractivity contribution in [1.82, 2.24) is 0 Å². The van der Waals surface area contributed by atoms with Crippen molar-refractivity contribution in [3.05, 3.63) is 29.0 Å². The van der Waals surface area contributed by atoms with Crippen LogP contribution < -0.4 is 11.1 Å². The maximum atomic E-state index is 12.7. The van der Waals surface area contributed by atoms with E-state index in [0.717, 1.165) is 6.07 Å². The first kappa shape index (κ1) is 10.9. The number of amides is 1. The van der Waals surface area contributed by atoms with Crippen molar-refractivity contribution >= 4 is 40.4 Å². The number of nitrogens with one attached hydrogen (secondary N) is 1. The molecule has 0 saturated carbocycles. The molecule has 0 aliphatic carbocycles. The van der Waals surface area contributed by atoms with E-state index >= 15 is 0 Å². The molecule has 1 aromatic carbocycles. The van der Waals surface area contributed by atoms with Gasteiger partial charge in [0.05, 0.1) is 5.02 Å². The Kier molecular flexibility index (Phi) is 3.38. The summed E-state index contributed by atoms with van der Waals surface area (Å²) in [6, 6.07) is 3.87. The molecule has 0 aromatic heterocycles. The van der Waals surface area contributed by atoms with Crippen molar-refractivity contribution in [2.24, 2.45) is 5.73 Å². The smallest absolute Gasteiger partial charge is 0.276 e. The molecule has 0 fully saturated rings. The van der Waals surface area contributed by atoms with E-state index in [2.05, 4.69) is 17.5 Å². The maximum Gasteiger partial charge on any atom is 0.276 e. The molecule has 3 nitrogen and oxygen atoms in total. The van der Waals surface area contributed by atoms with Crippen LogP contribution in [0.1, 0.15) is 0 Å². The molecular weight excluding hydrogens is 227 g/mol. The second-order valence-corrected chi connectivity index (χ2v) is 3.26. The van der Waals surface area contributed by atoms with Crippen molar-refractivity contribution < 1.29 is 9.18 Å². The van der Waals surface area contributed by atoms with Crippen LogP contribution in [0.25, 0.3) is 0 Å². The number of hydrogen-bond donors (Lipinski definition) is 2. The number of rotatable bonds is 1. The molecule has 14 heavy (non-hydrogen) atoms. The number of hydrogen-bond acceptors (Lipinski definition) is 2. The number of thiocarbonyl (C=S) groups is 1. The summed E-state index contributed by atoms with van der Waals surface area (Å²) in [6.45, 7) is 0. The molecule has 6 heteroatoms. The van der Waals surface area contributed by atoms with E-state index in [1.54, 1.807) is 0 Å². The van der Waals surface area contributed by atoms with Gasteiger partial charge in [0.2, 0.25) is 0 Å². The Hall–Kier alpha value is -1.20. The van der Waals surface area contributed by atoms with Gasteiger partial charge in [-0.25, -0.2) is 4.39 Å². The molecule has 3 N–H and O–H groups in total. The van der Waals surface area contributed by atoms with Crippen LogP contribution in [-0.2, 0) is 4.79 Å². The first-order valence-corrected chi connectivity index (χ1v) is 4.35. The summed E-state index contributed by atoms with van der Waals surface area (Å²) in [7, 11) is 0. The fourth-order valence-electron chi connectivity index (χ4n) is 0.767. The fraction of sp³-hybridized carbons (Fsp3) is 0. The number of nitrogens with two attached hydrogens (primary N) is 1. The monoisotopic (exact) mass is 232 g/mol. The average Bonchev–Trinajstić information content (AvgIpc) is 2.11. The van der Waals surface area contributed by atoms with Gasteiger partial charge in [-0.3, -0.25) is 4.79 Å². The van der Waals surface area contributed by atoms with Gasteiger partial charge in [0, 0.05) is 5.69 Å². The minimum absolute atomic E-state index is 0.0535. The molecule has 0 aliphatic heterocycles. The number of anilines is 1. The van der Waals surface area contributed by atoms with Crippen LogP contribution >= 0.6 is 23.8 Å². The lowest BCUT2D eigenvalue weighted by atomic mass is 10.3. The normalized spacial score (nSPS) is 9.57. The highest BCUT2D eigenvalue weighted by Gasteiger charge is 2.05. The largest absolute Gasteiger partial charge is 0.364 e. The molecule has 74 valence electrons. The predicted octanol–water partition coefficient (Wildman–Crippen LogP) is 1.70. The Morgan fingerprint density at radius 2 is 2.21 bits per heavy atom. The Labute approximate surface area is 90.0 Å². The lowest BCUT2D eigenvalue weighted by molar-refractivity contribution is -0.111. The molecule has 0 unspecified atom stereocenters. The topological polar surface area (TPSA) is 55.1 Å². The molecule has 0 heterocycles. The Morgan fingerprint density at radius 3 is 2.71 bits per heavy atom. The highest BCUT2D eigenvalue weighted by molar-refractivity contribution is 7.82. The van der Waals surface area contributed by atoms with Gasteiger partial charge in [0.15, 0.2) is 4.99 Å². The number of carbonyl (C=O) groups is 1. The van der Waals surface area contributed by atoms with Crippen molar-refractivity contribution in [1.29, 1.82) is 0 Å². The third-order valence-corrected chi connectivity index (χ3v) is 1.99. The van der Waals surface area contributed by atoms with Crippen molar-refractivity contribution in [2.75, 3.05) is 5.32 Å². The quantitative estimate of drug-likeness (QED) is 0.725. The third kappa shape index (κ3) is 2.65. The van der Waals surface area contributed by atoms with E-state index in [9.17, 15) is 9.18 Å². The van der Waals surface area contributed by atoms with Gasteiger partial charge in [0.1, 0.15) is 5.82 Å². The summed E-state index contributed by atoms with van der Waals surface area (Å²) < 4.78 is 12.7.